The van der Waals surface area contributed by atoms with Crippen molar-refractivity contribution < 1.29 is 9.53 Å². The van der Waals surface area contributed by atoms with Crippen LogP contribution in [0.15, 0.2) is 12.1 Å². The molecule has 18 heavy (non-hydrogen) atoms. The van der Waals surface area contributed by atoms with Crippen LogP contribution in [0, 0.1) is 6.92 Å². The highest BCUT2D eigenvalue weighted by Gasteiger charge is 2.08. The summed E-state index contributed by atoms with van der Waals surface area (Å²) in [5.41, 5.74) is 2.12. The molecule has 0 atom stereocenters. The summed E-state index contributed by atoms with van der Waals surface area (Å²) in [7, 11) is 0. The van der Waals surface area contributed by atoms with Gasteiger partial charge in [0.1, 0.15) is 11.5 Å². The zero-order chi connectivity index (χ0) is 13.5. The maximum atomic E-state index is 11.0. The Balaban J connectivity index is 2.78. The van der Waals surface area contributed by atoms with Crippen LogP contribution in [0.2, 0.25) is 5.02 Å². The Morgan fingerprint density at radius 3 is 2.72 bits per heavy atom. The molecular formula is C15H21ClO2. The SMILES string of the molecule is CCCOc1cc(C)c(Cl)cc1CCCC(C)=O. The molecule has 0 bridgehead atoms. The largest absolute Gasteiger partial charge is 0.493 e. The molecule has 2 nitrogen and oxygen atoms in total. The molecule has 3 heteroatoms. The third-order valence-electron chi connectivity index (χ3n) is 2.78. The van der Waals surface area contributed by atoms with E-state index in [1.165, 1.54) is 0 Å². The molecule has 1 aromatic rings. The number of rotatable bonds is 7. The summed E-state index contributed by atoms with van der Waals surface area (Å²) >= 11 is 6.14. The monoisotopic (exact) mass is 268 g/mol. The summed E-state index contributed by atoms with van der Waals surface area (Å²) in [5.74, 6) is 1.13. The molecule has 0 aromatic heterocycles. The van der Waals surface area contributed by atoms with E-state index in [4.69, 9.17) is 16.3 Å². The van der Waals surface area contributed by atoms with Crippen LogP contribution in [0.1, 0.15) is 44.2 Å². The number of Topliss-reactive ketones (excluding diaryl/α,β-unsaturated/α-hetero) is 1. The van der Waals surface area contributed by atoms with Crippen molar-refractivity contribution in [1.29, 1.82) is 0 Å². The van der Waals surface area contributed by atoms with Gasteiger partial charge >= 0.3 is 0 Å². The molecule has 0 spiro atoms. The normalized spacial score (nSPS) is 10.4. The van der Waals surface area contributed by atoms with E-state index >= 15 is 0 Å². The molecule has 0 fully saturated rings. The van der Waals surface area contributed by atoms with Crippen LogP contribution < -0.4 is 4.74 Å². The molecular weight excluding hydrogens is 248 g/mol. The second-order valence-electron chi connectivity index (χ2n) is 4.61. The van der Waals surface area contributed by atoms with Crippen molar-refractivity contribution in [3.8, 4) is 5.75 Å². The summed E-state index contributed by atoms with van der Waals surface area (Å²) < 4.78 is 5.74. The maximum Gasteiger partial charge on any atom is 0.129 e. The fraction of sp³-hybridized carbons (Fsp3) is 0.533. The first kappa shape index (κ1) is 15.0. The molecule has 0 saturated carbocycles. The van der Waals surface area contributed by atoms with Gasteiger partial charge in [-0.05, 0) is 56.4 Å². The third-order valence-corrected chi connectivity index (χ3v) is 3.19. The van der Waals surface area contributed by atoms with Gasteiger partial charge in [-0.1, -0.05) is 18.5 Å². The zero-order valence-electron chi connectivity index (χ0n) is 11.4. The zero-order valence-corrected chi connectivity index (χ0v) is 12.1. The van der Waals surface area contributed by atoms with E-state index in [0.717, 1.165) is 41.2 Å². The highest BCUT2D eigenvalue weighted by atomic mass is 35.5. The first-order chi connectivity index (χ1) is 8.54. The molecule has 0 heterocycles. The Labute approximate surface area is 114 Å². The maximum absolute atomic E-state index is 11.0. The lowest BCUT2D eigenvalue weighted by Crippen LogP contribution is -2.01. The smallest absolute Gasteiger partial charge is 0.129 e. The summed E-state index contributed by atoms with van der Waals surface area (Å²) in [5, 5.41) is 0.761. The minimum atomic E-state index is 0.226. The molecule has 0 saturated heterocycles. The van der Waals surface area contributed by atoms with E-state index in [0.29, 0.717) is 13.0 Å². The van der Waals surface area contributed by atoms with Gasteiger partial charge in [0.15, 0.2) is 0 Å². The summed E-state index contributed by atoms with van der Waals surface area (Å²) in [6.45, 7) is 6.39. The van der Waals surface area contributed by atoms with E-state index < -0.39 is 0 Å². The van der Waals surface area contributed by atoms with Crippen LogP contribution in [0.4, 0.5) is 0 Å². The molecule has 0 radical (unpaired) electrons. The lowest BCUT2D eigenvalue weighted by atomic mass is 10.0. The molecule has 0 aliphatic rings. The Hall–Kier alpha value is -1.02. The number of hydrogen-bond donors (Lipinski definition) is 0. The van der Waals surface area contributed by atoms with Crippen LogP contribution in [-0.4, -0.2) is 12.4 Å². The number of benzene rings is 1. The van der Waals surface area contributed by atoms with Gasteiger partial charge in [-0.2, -0.15) is 0 Å². The average Bonchev–Trinajstić information content (AvgIpc) is 2.31. The van der Waals surface area contributed by atoms with Crippen molar-refractivity contribution in [3.63, 3.8) is 0 Å². The minimum Gasteiger partial charge on any atom is -0.493 e. The summed E-state index contributed by atoms with van der Waals surface area (Å²) in [6, 6.07) is 3.95. The first-order valence-electron chi connectivity index (χ1n) is 6.45. The van der Waals surface area contributed by atoms with Crippen molar-refractivity contribution >= 4 is 17.4 Å². The number of aryl methyl sites for hydroxylation is 2. The number of hydrogen-bond acceptors (Lipinski definition) is 2. The van der Waals surface area contributed by atoms with Gasteiger partial charge in [0.05, 0.1) is 6.61 Å². The van der Waals surface area contributed by atoms with Gasteiger partial charge in [0, 0.05) is 11.4 Å². The van der Waals surface area contributed by atoms with Crippen LogP contribution in [0.3, 0.4) is 0 Å². The van der Waals surface area contributed by atoms with E-state index in [-0.39, 0.29) is 5.78 Å². The number of carbonyl (C=O) groups is 1. The van der Waals surface area contributed by atoms with Gasteiger partial charge in [-0.3, -0.25) is 0 Å². The van der Waals surface area contributed by atoms with Crippen molar-refractivity contribution in [2.45, 2.75) is 46.5 Å². The van der Waals surface area contributed by atoms with Crippen LogP contribution >= 0.6 is 11.6 Å². The van der Waals surface area contributed by atoms with Gasteiger partial charge in [-0.25, -0.2) is 0 Å². The molecule has 0 aliphatic heterocycles. The van der Waals surface area contributed by atoms with Crippen molar-refractivity contribution in [1.82, 2.24) is 0 Å². The number of carbonyl (C=O) groups excluding carboxylic acids is 1. The lowest BCUT2D eigenvalue weighted by Gasteiger charge is -2.13. The van der Waals surface area contributed by atoms with Crippen LogP contribution in [0.25, 0.3) is 0 Å². The Bertz CT molecular complexity index is 413. The fourth-order valence-corrected chi connectivity index (χ4v) is 1.95. The highest BCUT2D eigenvalue weighted by molar-refractivity contribution is 6.31. The highest BCUT2D eigenvalue weighted by Crippen LogP contribution is 2.28. The Morgan fingerprint density at radius 1 is 1.39 bits per heavy atom. The number of ketones is 1. The number of halogens is 1. The van der Waals surface area contributed by atoms with E-state index in [2.05, 4.69) is 6.92 Å². The molecule has 1 aromatic carbocycles. The topological polar surface area (TPSA) is 26.3 Å². The molecule has 0 aliphatic carbocycles. The first-order valence-corrected chi connectivity index (χ1v) is 6.83. The third kappa shape index (κ3) is 4.69. The molecule has 0 N–H and O–H groups in total. The van der Waals surface area contributed by atoms with Crippen molar-refractivity contribution in [3.05, 3.63) is 28.3 Å². The predicted octanol–water partition coefficient (Wildman–Crippen LogP) is 4.35. The molecule has 100 valence electrons. The van der Waals surface area contributed by atoms with E-state index in [9.17, 15) is 4.79 Å². The van der Waals surface area contributed by atoms with Crippen LogP contribution in [0.5, 0.6) is 5.75 Å². The summed E-state index contributed by atoms with van der Waals surface area (Å²) in [4.78, 5) is 11.0. The van der Waals surface area contributed by atoms with Gasteiger partial charge in [-0.15, -0.1) is 0 Å². The molecule has 0 unspecified atom stereocenters. The Morgan fingerprint density at radius 2 is 2.11 bits per heavy atom. The molecule has 1 rings (SSSR count). The van der Waals surface area contributed by atoms with Gasteiger partial charge in [0.2, 0.25) is 0 Å². The Kier molecular flexibility index (Phi) is 6.20. The average molecular weight is 269 g/mol. The second kappa shape index (κ2) is 7.42. The number of ether oxygens (including phenoxy) is 1. The van der Waals surface area contributed by atoms with E-state index in [1.807, 2.05) is 19.1 Å². The second-order valence-corrected chi connectivity index (χ2v) is 5.02. The minimum absolute atomic E-state index is 0.226. The summed E-state index contributed by atoms with van der Waals surface area (Å²) in [6.07, 6.45) is 3.27. The lowest BCUT2D eigenvalue weighted by molar-refractivity contribution is -0.117. The van der Waals surface area contributed by atoms with Gasteiger partial charge < -0.3 is 9.53 Å². The van der Waals surface area contributed by atoms with Crippen molar-refractivity contribution in [2.24, 2.45) is 0 Å². The quantitative estimate of drug-likeness (QED) is 0.735. The van der Waals surface area contributed by atoms with Crippen molar-refractivity contribution in [2.75, 3.05) is 6.61 Å². The predicted molar refractivity (Wildman–Crippen MR) is 75.6 cm³/mol. The fourth-order valence-electron chi connectivity index (χ4n) is 1.77. The van der Waals surface area contributed by atoms with Crippen LogP contribution in [-0.2, 0) is 11.2 Å². The molecule has 0 amide bonds. The van der Waals surface area contributed by atoms with Gasteiger partial charge in [0.25, 0.3) is 0 Å². The standard InChI is InChI=1S/C15H21ClO2/c1-4-8-18-15-9-11(2)14(16)10-13(15)7-5-6-12(3)17/h9-10H,4-8H2,1-3H3. The van der Waals surface area contributed by atoms with E-state index in [1.54, 1.807) is 6.92 Å².